The first kappa shape index (κ1) is 23.6. The van der Waals surface area contributed by atoms with Crippen LogP contribution in [0.15, 0.2) is 73.3 Å². The molecule has 0 amide bonds. The van der Waals surface area contributed by atoms with Gasteiger partial charge in [-0.25, -0.2) is 0 Å². The molecular formula is C25H36O3Si. The van der Waals surface area contributed by atoms with Gasteiger partial charge in [-0.15, -0.1) is 6.58 Å². The van der Waals surface area contributed by atoms with Crippen LogP contribution in [0.1, 0.15) is 34.1 Å². The van der Waals surface area contributed by atoms with E-state index in [0.29, 0.717) is 13.0 Å². The maximum atomic E-state index is 10.4. The molecule has 0 spiro atoms. The van der Waals surface area contributed by atoms with Crippen molar-refractivity contribution in [1.29, 1.82) is 0 Å². The maximum Gasteiger partial charge on any atom is 0.261 e. The fraction of sp³-hybridized carbons (Fsp3) is 0.440. The summed E-state index contributed by atoms with van der Waals surface area (Å²) < 4.78 is 12.6. The standard InChI is InChI=1S/C25H36O3Si/c1-7-20(2)24(26)18-21(27-6)19-28-29(25(3,4)5,22-14-10-8-11-15-22)23-16-12-9-13-17-23/h7-17,20-21,24,26H,1,18-19H2,2-6H3/t20-,21+,24-/m1/s1. The van der Waals surface area contributed by atoms with Gasteiger partial charge in [0, 0.05) is 13.5 Å². The predicted octanol–water partition coefficient (Wildman–Crippen LogP) is 4.15. The maximum absolute atomic E-state index is 10.4. The summed E-state index contributed by atoms with van der Waals surface area (Å²) >= 11 is 0. The first-order valence-electron chi connectivity index (χ1n) is 10.3. The molecule has 4 heteroatoms. The smallest absolute Gasteiger partial charge is 0.261 e. The minimum atomic E-state index is -2.60. The van der Waals surface area contributed by atoms with Crippen LogP contribution < -0.4 is 10.4 Å². The zero-order chi connectivity index (χ0) is 21.5. The zero-order valence-electron chi connectivity index (χ0n) is 18.5. The van der Waals surface area contributed by atoms with Gasteiger partial charge >= 0.3 is 0 Å². The SMILES string of the molecule is C=C[C@@H](C)[C@H](O)C[C@@H](CO[Si](c1ccccc1)(c1ccccc1)C(C)(C)C)OC. The second-order valence-electron chi connectivity index (χ2n) is 8.73. The number of rotatable bonds is 10. The van der Waals surface area contributed by atoms with Crippen LogP contribution in [0.5, 0.6) is 0 Å². The van der Waals surface area contributed by atoms with Crippen molar-refractivity contribution >= 4 is 18.7 Å². The Labute approximate surface area is 177 Å². The number of aliphatic hydroxyl groups is 1. The molecule has 2 rings (SSSR count). The van der Waals surface area contributed by atoms with E-state index in [2.05, 4.69) is 75.9 Å². The van der Waals surface area contributed by atoms with Crippen LogP contribution in [-0.4, -0.2) is 39.3 Å². The summed E-state index contributed by atoms with van der Waals surface area (Å²) in [6.45, 7) is 13.0. The summed E-state index contributed by atoms with van der Waals surface area (Å²) in [6, 6.07) is 21.1. The van der Waals surface area contributed by atoms with Crippen LogP contribution in [0.3, 0.4) is 0 Å². The second kappa shape index (κ2) is 10.3. The van der Waals surface area contributed by atoms with E-state index in [1.54, 1.807) is 13.2 Å². The lowest BCUT2D eigenvalue weighted by Crippen LogP contribution is -2.67. The van der Waals surface area contributed by atoms with Crippen LogP contribution in [0.4, 0.5) is 0 Å². The lowest BCUT2D eigenvalue weighted by Gasteiger charge is -2.43. The molecule has 29 heavy (non-hydrogen) atoms. The van der Waals surface area contributed by atoms with Crippen molar-refractivity contribution in [1.82, 2.24) is 0 Å². The molecule has 3 atom stereocenters. The van der Waals surface area contributed by atoms with Gasteiger partial charge in [0.1, 0.15) is 0 Å². The van der Waals surface area contributed by atoms with Gasteiger partial charge in [0.25, 0.3) is 8.32 Å². The third-order valence-corrected chi connectivity index (χ3v) is 10.7. The average molecular weight is 413 g/mol. The minimum Gasteiger partial charge on any atom is -0.405 e. The van der Waals surface area contributed by atoms with Gasteiger partial charge < -0.3 is 14.3 Å². The van der Waals surface area contributed by atoms with Gasteiger partial charge in [-0.2, -0.15) is 0 Å². The molecule has 0 saturated carbocycles. The molecule has 0 unspecified atom stereocenters. The van der Waals surface area contributed by atoms with Gasteiger partial charge in [0.15, 0.2) is 0 Å². The number of hydrogen-bond donors (Lipinski definition) is 1. The largest absolute Gasteiger partial charge is 0.405 e. The molecule has 3 nitrogen and oxygen atoms in total. The van der Waals surface area contributed by atoms with Gasteiger partial charge in [-0.1, -0.05) is 94.4 Å². The van der Waals surface area contributed by atoms with E-state index in [-0.39, 0.29) is 17.1 Å². The molecule has 0 heterocycles. The zero-order valence-corrected chi connectivity index (χ0v) is 19.5. The fourth-order valence-electron chi connectivity index (χ4n) is 3.85. The monoisotopic (exact) mass is 412 g/mol. The van der Waals surface area contributed by atoms with E-state index in [1.165, 1.54) is 10.4 Å². The Morgan fingerprint density at radius 2 is 1.48 bits per heavy atom. The number of ether oxygens (including phenoxy) is 1. The van der Waals surface area contributed by atoms with E-state index in [1.807, 2.05) is 19.1 Å². The molecule has 0 aliphatic rings. The van der Waals surface area contributed by atoms with Gasteiger partial charge in [-0.05, 0) is 21.3 Å². The number of hydrogen-bond acceptors (Lipinski definition) is 3. The van der Waals surface area contributed by atoms with Crippen LogP contribution in [0.2, 0.25) is 5.04 Å². The van der Waals surface area contributed by atoms with Gasteiger partial charge in [-0.3, -0.25) is 0 Å². The highest BCUT2D eigenvalue weighted by atomic mass is 28.4. The molecule has 0 aliphatic heterocycles. The Bertz CT molecular complexity index is 700. The third-order valence-electron chi connectivity index (χ3n) is 5.72. The highest BCUT2D eigenvalue weighted by Gasteiger charge is 2.50. The highest BCUT2D eigenvalue weighted by molar-refractivity contribution is 6.99. The molecule has 0 fully saturated rings. The van der Waals surface area contributed by atoms with Crippen LogP contribution in [-0.2, 0) is 9.16 Å². The van der Waals surface area contributed by atoms with E-state index in [4.69, 9.17) is 9.16 Å². The second-order valence-corrected chi connectivity index (χ2v) is 13.0. The lowest BCUT2D eigenvalue weighted by atomic mass is 10.00. The molecule has 0 bridgehead atoms. The molecular weight excluding hydrogens is 376 g/mol. The van der Waals surface area contributed by atoms with Crippen molar-refractivity contribution in [2.45, 2.75) is 51.4 Å². The summed E-state index contributed by atoms with van der Waals surface area (Å²) in [5.41, 5.74) is 0. The van der Waals surface area contributed by atoms with E-state index in [0.717, 1.165) is 0 Å². The van der Waals surface area contributed by atoms with Crippen LogP contribution in [0, 0.1) is 5.92 Å². The minimum absolute atomic E-state index is 0.0144. The van der Waals surface area contributed by atoms with Gasteiger partial charge in [0.05, 0.1) is 18.8 Å². The van der Waals surface area contributed by atoms with E-state index in [9.17, 15) is 5.11 Å². The van der Waals surface area contributed by atoms with E-state index < -0.39 is 14.4 Å². The summed E-state index contributed by atoms with van der Waals surface area (Å²) in [6.07, 6.45) is 1.61. The summed E-state index contributed by atoms with van der Waals surface area (Å²) in [5, 5.41) is 12.9. The number of aliphatic hydroxyl groups excluding tert-OH is 1. The Kier molecular flexibility index (Phi) is 8.41. The molecule has 0 aromatic heterocycles. The topological polar surface area (TPSA) is 38.7 Å². The Balaban J connectivity index is 2.41. The van der Waals surface area contributed by atoms with E-state index >= 15 is 0 Å². The predicted molar refractivity (Wildman–Crippen MR) is 124 cm³/mol. The fourth-order valence-corrected chi connectivity index (χ4v) is 8.44. The van der Waals surface area contributed by atoms with Crippen LogP contribution in [0.25, 0.3) is 0 Å². The first-order chi connectivity index (χ1) is 13.8. The van der Waals surface area contributed by atoms with Crippen molar-refractivity contribution in [2.75, 3.05) is 13.7 Å². The van der Waals surface area contributed by atoms with Crippen molar-refractivity contribution < 1.29 is 14.3 Å². The molecule has 1 N–H and O–H groups in total. The van der Waals surface area contributed by atoms with Crippen molar-refractivity contribution in [3.8, 4) is 0 Å². The number of methoxy groups -OCH3 is 1. The summed E-state index contributed by atoms with van der Waals surface area (Å²) in [5.74, 6) is 0.0144. The average Bonchev–Trinajstić information content (AvgIpc) is 2.73. The van der Waals surface area contributed by atoms with Crippen molar-refractivity contribution in [3.05, 3.63) is 73.3 Å². The molecule has 2 aromatic carbocycles. The van der Waals surface area contributed by atoms with Crippen LogP contribution >= 0.6 is 0 Å². The molecule has 0 aliphatic carbocycles. The Hall–Kier alpha value is -1.72. The quantitative estimate of drug-likeness (QED) is 0.471. The normalized spacial score (nSPS) is 15.5. The van der Waals surface area contributed by atoms with Crippen molar-refractivity contribution in [2.24, 2.45) is 5.92 Å². The Morgan fingerprint density at radius 3 is 1.86 bits per heavy atom. The first-order valence-corrected chi connectivity index (χ1v) is 12.3. The summed E-state index contributed by atoms with van der Waals surface area (Å²) in [4.78, 5) is 0. The molecule has 0 saturated heterocycles. The van der Waals surface area contributed by atoms with Crippen molar-refractivity contribution in [3.63, 3.8) is 0 Å². The molecule has 158 valence electrons. The third kappa shape index (κ3) is 5.46. The number of benzene rings is 2. The summed E-state index contributed by atoms with van der Waals surface area (Å²) in [7, 11) is -0.911. The molecule has 2 aromatic rings. The van der Waals surface area contributed by atoms with Gasteiger partial charge in [0.2, 0.25) is 0 Å². The molecule has 0 radical (unpaired) electrons. The highest BCUT2D eigenvalue weighted by Crippen LogP contribution is 2.37. The lowest BCUT2D eigenvalue weighted by molar-refractivity contribution is 0.00492. The Morgan fingerprint density at radius 1 is 1.00 bits per heavy atom.